The predicted molar refractivity (Wildman–Crippen MR) is 232 cm³/mol. The topological polar surface area (TPSA) is 193 Å². The summed E-state index contributed by atoms with van der Waals surface area (Å²) in [6.45, 7) is 3.55. The van der Waals surface area contributed by atoms with Crippen molar-refractivity contribution >= 4 is 24.0 Å². The molecule has 0 unspecified atom stereocenters. The summed E-state index contributed by atoms with van der Waals surface area (Å²) >= 11 is 0. The van der Waals surface area contributed by atoms with Crippen LogP contribution in [-0.4, -0.2) is 119 Å². The number of alkyl carbamates (subject to hydrolysis) is 2. The van der Waals surface area contributed by atoms with Crippen molar-refractivity contribution in [2.45, 2.75) is 120 Å². The van der Waals surface area contributed by atoms with Crippen LogP contribution in [0.4, 0.5) is 9.59 Å². The number of carbonyl (C=O) groups excluding carboxylic acids is 4. The molecule has 4 aromatic rings. The molecular formula is C47H58N8O8. The van der Waals surface area contributed by atoms with Crippen molar-refractivity contribution in [3.63, 3.8) is 0 Å². The molecule has 334 valence electrons. The molecule has 3 aliphatic carbocycles. The van der Waals surface area contributed by atoms with E-state index < -0.39 is 36.5 Å². The van der Waals surface area contributed by atoms with Crippen LogP contribution < -0.4 is 10.6 Å². The second-order valence-electron chi connectivity index (χ2n) is 17.9. The van der Waals surface area contributed by atoms with Gasteiger partial charge in [0.1, 0.15) is 23.7 Å². The van der Waals surface area contributed by atoms with Crippen LogP contribution >= 0.6 is 0 Å². The maximum atomic E-state index is 14.3. The number of ether oxygens (including phenoxy) is 4. The molecule has 9 rings (SSSR count). The van der Waals surface area contributed by atoms with Crippen molar-refractivity contribution in [3.05, 3.63) is 71.6 Å². The van der Waals surface area contributed by atoms with Crippen molar-refractivity contribution in [3.8, 4) is 33.6 Å². The third kappa shape index (κ3) is 7.74. The number of rotatable bonds is 12. The highest BCUT2D eigenvalue weighted by Gasteiger charge is 2.51. The van der Waals surface area contributed by atoms with E-state index in [4.69, 9.17) is 28.9 Å². The Labute approximate surface area is 367 Å². The van der Waals surface area contributed by atoms with Gasteiger partial charge in [-0.25, -0.2) is 19.6 Å². The minimum atomic E-state index is -0.900. The Kier molecular flexibility index (Phi) is 11.8. The second-order valence-corrected chi connectivity index (χ2v) is 17.9. The highest BCUT2D eigenvalue weighted by Crippen LogP contribution is 2.49. The molecule has 2 aliphatic heterocycles. The molecular weight excluding hydrogens is 805 g/mol. The Hall–Kier alpha value is -5.74. The smallest absolute Gasteiger partial charge is 0.407 e. The van der Waals surface area contributed by atoms with Crippen LogP contribution in [0.3, 0.4) is 0 Å². The fourth-order valence-electron chi connectivity index (χ4n) is 11.3. The standard InChI is InChI=1S/C47H58N8O8/c1-24(60-3)40(52-46(58)62-5)44(56)54-36-11-7-9-28(36)20-38(54)42-48-22-34(50-42)26-13-15-32-30(17-26)19-31-18-27(14-16-33(31)32)35-23-49-43(51-35)39-21-29-10-8-12-37(29)55(39)45(57)41(25(2)61-4)53-47(59)63-6/h13-18,22-25,28-29,36-41H,7-12,19-21H2,1-6H3,(H,48,50)(H,49,51)(H,52,58)(H,53,59)/t24-,25+,28+,29-,36+,37-,38-,39-,40+,41-/m0/s1. The second kappa shape index (κ2) is 17.4. The molecule has 4 N–H and O–H groups in total. The van der Waals surface area contributed by atoms with E-state index >= 15 is 0 Å². The molecule has 63 heavy (non-hydrogen) atoms. The maximum absolute atomic E-state index is 14.3. The number of H-pyrrole nitrogens is 2. The van der Waals surface area contributed by atoms with Gasteiger partial charge in [-0.1, -0.05) is 37.1 Å². The molecule has 16 nitrogen and oxygen atoms in total. The molecule has 0 radical (unpaired) electrons. The molecule has 4 amide bonds. The number of carbonyl (C=O) groups is 4. The van der Waals surface area contributed by atoms with Crippen LogP contribution in [0.5, 0.6) is 0 Å². The van der Waals surface area contributed by atoms with Gasteiger partial charge in [0.25, 0.3) is 0 Å². The minimum absolute atomic E-state index is 0.0692. The number of aromatic amines is 2. The van der Waals surface area contributed by atoms with Crippen LogP contribution in [0, 0.1) is 11.8 Å². The quantitative estimate of drug-likeness (QED) is 0.109. The monoisotopic (exact) mass is 862 g/mol. The van der Waals surface area contributed by atoms with Gasteiger partial charge in [-0.05, 0) is 116 Å². The van der Waals surface area contributed by atoms with Crippen molar-refractivity contribution in [2.75, 3.05) is 28.4 Å². The number of aromatic nitrogens is 4. The van der Waals surface area contributed by atoms with Gasteiger partial charge in [-0.3, -0.25) is 9.59 Å². The normalized spacial score (nSPS) is 25.1. The molecule has 2 saturated carbocycles. The largest absolute Gasteiger partial charge is 0.453 e. The first-order valence-electron chi connectivity index (χ1n) is 22.3. The highest BCUT2D eigenvalue weighted by atomic mass is 16.5. The van der Waals surface area contributed by atoms with E-state index in [1.807, 2.05) is 22.2 Å². The molecule has 0 bridgehead atoms. The van der Waals surface area contributed by atoms with Crippen LogP contribution in [-0.2, 0) is 35.0 Å². The number of hydrogen-bond acceptors (Lipinski definition) is 10. The first kappa shape index (κ1) is 42.6. The number of likely N-dealkylation sites (tertiary alicyclic amines) is 2. The summed E-state index contributed by atoms with van der Waals surface area (Å²) in [5.41, 5.74) is 8.58. The Morgan fingerprint density at radius 2 is 1.08 bits per heavy atom. The van der Waals surface area contributed by atoms with Crippen LogP contribution in [0.15, 0.2) is 48.8 Å². The predicted octanol–water partition coefficient (Wildman–Crippen LogP) is 6.44. The average molecular weight is 863 g/mol. The van der Waals surface area contributed by atoms with Gasteiger partial charge in [0.2, 0.25) is 11.8 Å². The number of hydrogen-bond donors (Lipinski definition) is 4. The summed E-state index contributed by atoms with van der Waals surface area (Å²) in [7, 11) is 5.63. The molecule has 16 heteroatoms. The van der Waals surface area contributed by atoms with Gasteiger partial charge in [-0.15, -0.1) is 0 Å². The van der Waals surface area contributed by atoms with Gasteiger partial charge in [-0.2, -0.15) is 0 Å². The first-order chi connectivity index (χ1) is 30.5. The van der Waals surface area contributed by atoms with Crippen LogP contribution in [0.1, 0.15) is 100 Å². The SMILES string of the molecule is COC(=O)N[C@H](C(=O)N1[C@H](c2ncc(-c3ccc4c(c3)Cc3cc(-c5cnc([C@@H]6C[C@H]7CCC[C@H]7N6C(=O)[C@H](NC(=O)OC)[C@H](C)OC)[nH]5)ccc3-4)[nH]2)C[C@@H]2CCC[C@@H]21)[C@@H](C)OC. The van der Waals surface area contributed by atoms with E-state index in [0.29, 0.717) is 11.8 Å². The third-order valence-electron chi connectivity index (χ3n) is 14.6. The molecule has 5 aliphatic rings. The lowest BCUT2D eigenvalue weighted by Gasteiger charge is -2.34. The number of amides is 4. The maximum Gasteiger partial charge on any atom is 0.407 e. The van der Waals surface area contributed by atoms with Gasteiger partial charge in [0, 0.05) is 26.3 Å². The summed E-state index contributed by atoms with van der Waals surface area (Å²) in [5, 5.41) is 5.43. The summed E-state index contributed by atoms with van der Waals surface area (Å²) in [5.74, 6) is 1.81. The van der Waals surface area contributed by atoms with E-state index in [9.17, 15) is 19.2 Å². The summed E-state index contributed by atoms with van der Waals surface area (Å²) < 4.78 is 20.8. The fourth-order valence-corrected chi connectivity index (χ4v) is 11.3. The number of fused-ring (bicyclic) bond motifs is 5. The summed E-state index contributed by atoms with van der Waals surface area (Å²) in [6, 6.07) is 10.8. The summed E-state index contributed by atoms with van der Waals surface area (Å²) in [4.78, 5) is 73.9. The van der Waals surface area contributed by atoms with Gasteiger partial charge in [0.05, 0.1) is 62.3 Å². The minimum Gasteiger partial charge on any atom is -0.453 e. The molecule has 2 aromatic carbocycles. The van der Waals surface area contributed by atoms with Crippen LogP contribution in [0.25, 0.3) is 33.6 Å². The van der Waals surface area contributed by atoms with E-state index in [2.05, 4.69) is 57.0 Å². The lowest BCUT2D eigenvalue weighted by Crippen LogP contribution is -2.55. The Morgan fingerprint density at radius 3 is 1.48 bits per heavy atom. The van der Waals surface area contributed by atoms with Crippen molar-refractivity contribution in [1.29, 1.82) is 0 Å². The molecule has 2 aromatic heterocycles. The zero-order chi connectivity index (χ0) is 44.1. The molecule has 2 saturated heterocycles. The number of methoxy groups -OCH3 is 4. The number of nitrogens with zero attached hydrogens (tertiary/aromatic N) is 4. The number of imidazole rings is 2. The van der Waals surface area contributed by atoms with Crippen molar-refractivity contribution < 1.29 is 38.1 Å². The molecule has 4 fully saturated rings. The number of benzene rings is 2. The summed E-state index contributed by atoms with van der Waals surface area (Å²) in [6.07, 6.45) is 9.64. The van der Waals surface area contributed by atoms with E-state index in [1.165, 1.54) is 50.7 Å². The van der Waals surface area contributed by atoms with Gasteiger partial charge in [0.15, 0.2) is 0 Å². The zero-order valence-electron chi connectivity index (χ0n) is 36.8. The molecule has 10 atom stereocenters. The van der Waals surface area contributed by atoms with Crippen molar-refractivity contribution in [1.82, 2.24) is 40.4 Å². The first-order valence-corrected chi connectivity index (χ1v) is 22.3. The van der Waals surface area contributed by atoms with E-state index in [0.717, 1.165) is 92.0 Å². The van der Waals surface area contributed by atoms with Crippen molar-refractivity contribution in [2.24, 2.45) is 11.8 Å². The lowest BCUT2D eigenvalue weighted by atomic mass is 10.0. The highest BCUT2D eigenvalue weighted by molar-refractivity contribution is 5.88. The fraction of sp³-hybridized carbons (Fsp3) is 0.532. The van der Waals surface area contributed by atoms with E-state index in [1.54, 1.807) is 13.8 Å². The van der Waals surface area contributed by atoms with E-state index in [-0.39, 0.29) is 36.0 Å². The molecule has 0 spiro atoms. The Morgan fingerprint density at radius 1 is 0.651 bits per heavy atom. The molecule has 4 heterocycles. The zero-order valence-corrected chi connectivity index (χ0v) is 36.8. The van der Waals surface area contributed by atoms with Crippen LogP contribution in [0.2, 0.25) is 0 Å². The Bertz CT molecular complexity index is 2220. The average Bonchev–Trinajstić information content (AvgIpc) is 4.16. The lowest BCUT2D eigenvalue weighted by molar-refractivity contribution is -0.140. The van der Waals surface area contributed by atoms with Gasteiger partial charge >= 0.3 is 12.2 Å². The number of nitrogens with one attached hydrogen (secondary N) is 4. The third-order valence-corrected chi connectivity index (χ3v) is 14.6. The van der Waals surface area contributed by atoms with Gasteiger partial charge < -0.3 is 49.3 Å². The Balaban J connectivity index is 0.925.